The molecule has 1 aliphatic carbocycles. The Bertz CT molecular complexity index is 661. The molecular weight excluding hydrogens is 284 g/mol. The van der Waals surface area contributed by atoms with Crippen LogP contribution < -0.4 is 0 Å². The summed E-state index contributed by atoms with van der Waals surface area (Å²) in [6.45, 7) is 12.7. The van der Waals surface area contributed by atoms with Crippen LogP contribution in [0.1, 0.15) is 57.4 Å². The highest BCUT2D eigenvalue weighted by Gasteiger charge is 2.46. The van der Waals surface area contributed by atoms with Gasteiger partial charge >= 0.3 is 0 Å². The van der Waals surface area contributed by atoms with Gasteiger partial charge in [-0.1, -0.05) is 13.8 Å². The number of hydrogen-bond donors (Lipinski definition) is 0. The molecule has 116 valence electrons. The molecule has 0 bridgehead atoms. The van der Waals surface area contributed by atoms with Crippen molar-refractivity contribution in [2.24, 2.45) is 11.3 Å². The van der Waals surface area contributed by atoms with Gasteiger partial charge in [0.05, 0.1) is 11.1 Å². The third-order valence-electron chi connectivity index (χ3n) is 5.07. The van der Waals surface area contributed by atoms with E-state index in [1.165, 1.54) is 12.8 Å². The van der Waals surface area contributed by atoms with Crippen LogP contribution in [-0.2, 0) is 13.1 Å². The molecule has 4 nitrogen and oxygen atoms in total. The fourth-order valence-electron chi connectivity index (χ4n) is 3.31. The highest BCUT2D eigenvalue weighted by atomic mass is 35.5. The van der Waals surface area contributed by atoms with E-state index >= 15 is 0 Å². The molecule has 2 aromatic rings. The lowest BCUT2D eigenvalue weighted by Gasteiger charge is -2.22. The maximum absolute atomic E-state index is 6.40. The van der Waals surface area contributed by atoms with Crippen LogP contribution in [0, 0.1) is 18.3 Å². The lowest BCUT2D eigenvalue weighted by Crippen LogP contribution is -2.20. The van der Waals surface area contributed by atoms with Crippen LogP contribution in [0.2, 0.25) is 0 Å². The van der Waals surface area contributed by atoms with Gasteiger partial charge < -0.3 is 4.57 Å². The summed E-state index contributed by atoms with van der Waals surface area (Å²) >= 11 is 6.40. The predicted molar refractivity (Wildman–Crippen MR) is 86.7 cm³/mol. The van der Waals surface area contributed by atoms with Gasteiger partial charge in [-0.05, 0) is 44.9 Å². The number of alkyl halides is 1. The molecule has 2 heterocycles. The quantitative estimate of drug-likeness (QED) is 0.772. The standard InChI is InChI=1S/C16H25ClN4/c1-6-21-15-13(12(5)19-21)18-14(11(4)17)20(15)9-16(7-8-16)10(2)3/h10-11H,6-9H2,1-5H3. The number of aryl methyl sites for hydroxylation is 2. The number of hydrogen-bond acceptors (Lipinski definition) is 2. The fourth-order valence-corrected chi connectivity index (χ4v) is 3.48. The van der Waals surface area contributed by atoms with Crippen molar-refractivity contribution in [1.82, 2.24) is 19.3 Å². The molecule has 0 saturated heterocycles. The Labute approximate surface area is 131 Å². The Morgan fingerprint density at radius 2 is 1.95 bits per heavy atom. The summed E-state index contributed by atoms with van der Waals surface area (Å²) in [6, 6.07) is 0. The summed E-state index contributed by atoms with van der Waals surface area (Å²) in [7, 11) is 0. The van der Waals surface area contributed by atoms with Crippen LogP contribution in [0.4, 0.5) is 0 Å². The highest BCUT2D eigenvalue weighted by molar-refractivity contribution is 6.20. The molecule has 0 radical (unpaired) electrons. The Hall–Kier alpha value is -1.03. The van der Waals surface area contributed by atoms with Crippen molar-refractivity contribution in [1.29, 1.82) is 0 Å². The summed E-state index contributed by atoms with van der Waals surface area (Å²) in [4.78, 5) is 4.80. The molecule has 21 heavy (non-hydrogen) atoms. The van der Waals surface area contributed by atoms with E-state index in [4.69, 9.17) is 16.6 Å². The van der Waals surface area contributed by atoms with Crippen LogP contribution in [0.15, 0.2) is 0 Å². The normalized spacial score (nSPS) is 18.6. The Morgan fingerprint density at radius 3 is 2.43 bits per heavy atom. The monoisotopic (exact) mass is 308 g/mol. The minimum atomic E-state index is -0.0786. The van der Waals surface area contributed by atoms with Gasteiger partial charge in [-0.3, -0.25) is 0 Å². The van der Waals surface area contributed by atoms with Crippen molar-refractivity contribution >= 4 is 22.8 Å². The van der Waals surface area contributed by atoms with Crippen molar-refractivity contribution < 1.29 is 0 Å². The second-order valence-electron chi connectivity index (χ2n) is 6.76. The number of rotatable bonds is 5. The van der Waals surface area contributed by atoms with Crippen LogP contribution in [0.3, 0.4) is 0 Å². The zero-order valence-electron chi connectivity index (χ0n) is 13.6. The van der Waals surface area contributed by atoms with Gasteiger partial charge in [0.25, 0.3) is 0 Å². The van der Waals surface area contributed by atoms with Gasteiger partial charge in [0.15, 0.2) is 5.65 Å². The van der Waals surface area contributed by atoms with E-state index in [1.54, 1.807) is 0 Å². The van der Waals surface area contributed by atoms with Gasteiger partial charge in [-0.25, -0.2) is 9.67 Å². The lowest BCUT2D eigenvalue weighted by molar-refractivity contribution is 0.306. The Morgan fingerprint density at radius 1 is 1.29 bits per heavy atom. The molecular formula is C16H25ClN4. The summed E-state index contributed by atoms with van der Waals surface area (Å²) in [6.07, 6.45) is 2.61. The van der Waals surface area contributed by atoms with E-state index in [2.05, 4.69) is 35.1 Å². The van der Waals surface area contributed by atoms with Crippen molar-refractivity contribution in [3.63, 3.8) is 0 Å². The zero-order valence-corrected chi connectivity index (χ0v) is 14.4. The molecule has 0 N–H and O–H groups in total. The molecule has 1 aliphatic rings. The molecule has 1 atom stereocenters. The van der Waals surface area contributed by atoms with Crippen molar-refractivity contribution in [2.75, 3.05) is 0 Å². The van der Waals surface area contributed by atoms with E-state index in [0.29, 0.717) is 11.3 Å². The maximum Gasteiger partial charge on any atom is 0.158 e. The topological polar surface area (TPSA) is 35.6 Å². The third kappa shape index (κ3) is 2.28. The fraction of sp³-hybridized carbons (Fsp3) is 0.750. The lowest BCUT2D eigenvalue weighted by atomic mass is 9.92. The average molecular weight is 309 g/mol. The van der Waals surface area contributed by atoms with Gasteiger partial charge in [-0.2, -0.15) is 5.10 Å². The largest absolute Gasteiger partial charge is 0.311 e. The molecule has 2 aromatic heterocycles. The van der Waals surface area contributed by atoms with Crippen molar-refractivity contribution in [3.05, 3.63) is 11.5 Å². The number of halogens is 1. The molecule has 0 spiro atoms. The first-order chi connectivity index (χ1) is 9.89. The number of nitrogens with zero attached hydrogens (tertiary/aromatic N) is 4. The van der Waals surface area contributed by atoms with E-state index < -0.39 is 0 Å². The molecule has 3 rings (SSSR count). The minimum absolute atomic E-state index is 0.0786. The molecule has 0 amide bonds. The molecule has 0 aromatic carbocycles. The van der Waals surface area contributed by atoms with Gasteiger partial charge in [-0.15, -0.1) is 11.6 Å². The molecule has 1 fully saturated rings. The van der Waals surface area contributed by atoms with Crippen molar-refractivity contribution in [3.8, 4) is 0 Å². The smallest absolute Gasteiger partial charge is 0.158 e. The van der Waals surface area contributed by atoms with Crippen LogP contribution >= 0.6 is 11.6 Å². The van der Waals surface area contributed by atoms with Crippen LogP contribution in [-0.4, -0.2) is 19.3 Å². The van der Waals surface area contributed by atoms with E-state index in [0.717, 1.165) is 35.8 Å². The zero-order chi connectivity index (χ0) is 15.4. The summed E-state index contributed by atoms with van der Waals surface area (Å²) in [5, 5.41) is 4.54. The minimum Gasteiger partial charge on any atom is -0.311 e. The highest BCUT2D eigenvalue weighted by Crippen LogP contribution is 2.53. The predicted octanol–water partition coefficient (Wildman–Crippen LogP) is 4.30. The van der Waals surface area contributed by atoms with E-state index in [1.807, 2.05) is 13.8 Å². The molecule has 0 aliphatic heterocycles. The molecule has 5 heteroatoms. The van der Waals surface area contributed by atoms with Gasteiger partial charge in [0.1, 0.15) is 11.3 Å². The second-order valence-corrected chi connectivity index (χ2v) is 7.42. The summed E-state index contributed by atoms with van der Waals surface area (Å²) in [5.41, 5.74) is 3.58. The third-order valence-corrected chi connectivity index (χ3v) is 5.27. The Balaban J connectivity index is 2.16. The SMILES string of the molecule is CCn1nc(C)c2nc(C(C)Cl)n(CC3(C(C)C)CC3)c21. The van der Waals surface area contributed by atoms with E-state index in [-0.39, 0.29) is 5.38 Å². The van der Waals surface area contributed by atoms with Crippen LogP contribution in [0.25, 0.3) is 11.2 Å². The first-order valence-corrected chi connectivity index (χ1v) is 8.41. The Kier molecular flexibility index (Phi) is 3.55. The van der Waals surface area contributed by atoms with Gasteiger partial charge in [0.2, 0.25) is 0 Å². The number of fused-ring (bicyclic) bond motifs is 1. The number of aromatic nitrogens is 4. The first kappa shape index (κ1) is 14.9. The molecule has 1 saturated carbocycles. The molecule has 1 unspecified atom stereocenters. The second kappa shape index (κ2) is 5.01. The number of imidazole rings is 1. The first-order valence-electron chi connectivity index (χ1n) is 7.97. The summed E-state index contributed by atoms with van der Waals surface area (Å²) < 4.78 is 4.40. The maximum atomic E-state index is 6.40. The summed E-state index contributed by atoms with van der Waals surface area (Å²) in [5.74, 6) is 1.67. The van der Waals surface area contributed by atoms with Crippen LogP contribution in [0.5, 0.6) is 0 Å². The van der Waals surface area contributed by atoms with E-state index in [9.17, 15) is 0 Å². The average Bonchev–Trinajstić information content (AvgIpc) is 3.01. The van der Waals surface area contributed by atoms with Crippen molar-refractivity contribution in [2.45, 2.75) is 65.9 Å². The van der Waals surface area contributed by atoms with Gasteiger partial charge in [0, 0.05) is 13.1 Å².